The molecule has 0 aliphatic carbocycles. The Morgan fingerprint density at radius 1 is 1.22 bits per heavy atom. The van der Waals surface area contributed by atoms with Crippen LogP contribution in [-0.4, -0.2) is 72.3 Å². The second-order valence-corrected chi connectivity index (χ2v) is 5.84. The molecule has 1 N–H and O–H groups in total. The minimum absolute atomic E-state index is 0.00570. The van der Waals surface area contributed by atoms with Crippen molar-refractivity contribution in [1.29, 1.82) is 0 Å². The Morgan fingerprint density at radius 3 is 2.35 bits per heavy atom. The number of likely N-dealkylation sites (N-methyl/N-ethyl adjacent to an activating group) is 1. The molecule has 1 saturated heterocycles. The summed E-state index contributed by atoms with van der Waals surface area (Å²) < 4.78 is 5.21. The largest absolute Gasteiger partial charge is 0.378 e. The van der Waals surface area contributed by atoms with Crippen molar-refractivity contribution in [2.24, 2.45) is 0 Å². The molecule has 1 aromatic heterocycles. The van der Waals surface area contributed by atoms with Gasteiger partial charge >= 0.3 is 0 Å². The molecular weight excluding hydrogens is 298 g/mol. The number of Topliss-reactive ketones (excluding diaryl/α,β-unsaturated/α-hetero) is 1. The number of ether oxygens (including phenoxy) is 1. The zero-order valence-corrected chi connectivity index (χ0v) is 14.1. The Bertz CT molecular complexity index is 630. The van der Waals surface area contributed by atoms with Crippen LogP contribution in [-0.2, 0) is 9.53 Å². The van der Waals surface area contributed by atoms with Crippen LogP contribution in [0.25, 0.3) is 0 Å². The third-order valence-corrected chi connectivity index (χ3v) is 4.09. The molecule has 0 atom stereocenters. The van der Waals surface area contributed by atoms with Gasteiger partial charge in [-0.15, -0.1) is 0 Å². The van der Waals surface area contributed by atoms with Gasteiger partial charge in [-0.2, -0.15) is 0 Å². The van der Waals surface area contributed by atoms with Crippen LogP contribution in [0.1, 0.15) is 39.0 Å². The number of nitrogens with one attached hydrogen (secondary N) is 1. The normalized spacial score (nSPS) is 14.7. The van der Waals surface area contributed by atoms with Crippen molar-refractivity contribution in [1.82, 2.24) is 14.8 Å². The SMILES string of the molecule is CC(=O)c1c(C)[nH]c(C(=O)N(C)CC(=O)N2CCOCC2)c1C. The number of hydrogen-bond donors (Lipinski definition) is 1. The predicted molar refractivity (Wildman–Crippen MR) is 84.6 cm³/mol. The van der Waals surface area contributed by atoms with E-state index in [1.807, 2.05) is 0 Å². The monoisotopic (exact) mass is 321 g/mol. The number of morpholine rings is 1. The van der Waals surface area contributed by atoms with Gasteiger partial charge in [-0.3, -0.25) is 14.4 Å². The van der Waals surface area contributed by atoms with Gasteiger partial charge in [0.2, 0.25) is 5.91 Å². The molecule has 2 heterocycles. The minimum Gasteiger partial charge on any atom is -0.378 e. The summed E-state index contributed by atoms with van der Waals surface area (Å²) in [7, 11) is 1.59. The minimum atomic E-state index is -0.292. The summed E-state index contributed by atoms with van der Waals surface area (Å²) in [6.07, 6.45) is 0. The molecule has 0 unspecified atom stereocenters. The van der Waals surface area contributed by atoms with Crippen LogP contribution >= 0.6 is 0 Å². The maximum atomic E-state index is 12.6. The highest BCUT2D eigenvalue weighted by Gasteiger charge is 2.25. The Labute approximate surface area is 135 Å². The van der Waals surface area contributed by atoms with E-state index < -0.39 is 0 Å². The van der Waals surface area contributed by atoms with Crippen molar-refractivity contribution in [2.75, 3.05) is 39.9 Å². The van der Waals surface area contributed by atoms with Gasteiger partial charge in [0.15, 0.2) is 5.78 Å². The third kappa shape index (κ3) is 3.61. The standard InChI is InChI=1S/C16H23N3O4/c1-10-14(12(3)20)11(2)17-15(10)16(22)18(4)9-13(21)19-5-7-23-8-6-19/h17H,5-9H2,1-4H3. The maximum Gasteiger partial charge on any atom is 0.270 e. The van der Waals surface area contributed by atoms with Crippen molar-refractivity contribution in [3.05, 3.63) is 22.5 Å². The second-order valence-electron chi connectivity index (χ2n) is 5.84. The molecule has 0 radical (unpaired) electrons. The van der Waals surface area contributed by atoms with E-state index in [9.17, 15) is 14.4 Å². The van der Waals surface area contributed by atoms with Crippen LogP contribution < -0.4 is 0 Å². The zero-order valence-electron chi connectivity index (χ0n) is 14.1. The summed E-state index contributed by atoms with van der Waals surface area (Å²) in [6, 6.07) is 0. The number of H-pyrrole nitrogens is 1. The lowest BCUT2D eigenvalue weighted by Gasteiger charge is -2.28. The van der Waals surface area contributed by atoms with Crippen molar-refractivity contribution in [3.63, 3.8) is 0 Å². The van der Waals surface area contributed by atoms with E-state index in [2.05, 4.69) is 4.98 Å². The molecule has 1 aliphatic heterocycles. The molecule has 1 fully saturated rings. The molecule has 7 nitrogen and oxygen atoms in total. The molecule has 0 spiro atoms. The van der Waals surface area contributed by atoms with E-state index in [0.29, 0.717) is 48.8 Å². The molecule has 0 aromatic carbocycles. The lowest BCUT2D eigenvalue weighted by atomic mass is 10.1. The number of aromatic nitrogens is 1. The molecule has 0 bridgehead atoms. The molecule has 1 aromatic rings. The van der Waals surface area contributed by atoms with Gasteiger partial charge in [0, 0.05) is 31.4 Å². The summed E-state index contributed by atoms with van der Waals surface area (Å²) in [5.41, 5.74) is 2.21. The van der Waals surface area contributed by atoms with E-state index in [0.717, 1.165) is 0 Å². The summed E-state index contributed by atoms with van der Waals surface area (Å²) in [4.78, 5) is 42.5. The van der Waals surface area contributed by atoms with E-state index in [4.69, 9.17) is 4.74 Å². The lowest BCUT2D eigenvalue weighted by Crippen LogP contribution is -2.46. The molecule has 0 saturated carbocycles. The van der Waals surface area contributed by atoms with Crippen LogP contribution in [0.3, 0.4) is 0 Å². The third-order valence-electron chi connectivity index (χ3n) is 4.09. The highest BCUT2D eigenvalue weighted by atomic mass is 16.5. The van der Waals surface area contributed by atoms with Crippen molar-refractivity contribution < 1.29 is 19.1 Å². The predicted octanol–water partition coefficient (Wildman–Crippen LogP) is 0.765. The van der Waals surface area contributed by atoms with E-state index in [1.54, 1.807) is 25.8 Å². The fourth-order valence-corrected chi connectivity index (χ4v) is 2.87. The summed E-state index contributed by atoms with van der Waals surface area (Å²) in [6.45, 7) is 7.14. The number of carbonyl (C=O) groups is 3. The lowest BCUT2D eigenvalue weighted by molar-refractivity contribution is -0.135. The first-order valence-corrected chi connectivity index (χ1v) is 7.64. The fourth-order valence-electron chi connectivity index (χ4n) is 2.87. The van der Waals surface area contributed by atoms with Gasteiger partial charge in [0.25, 0.3) is 5.91 Å². The molecule has 2 amide bonds. The Hall–Kier alpha value is -2.15. The van der Waals surface area contributed by atoms with Gasteiger partial charge in [-0.05, 0) is 26.3 Å². The first-order valence-electron chi connectivity index (χ1n) is 7.64. The van der Waals surface area contributed by atoms with Gasteiger partial charge in [0.1, 0.15) is 5.69 Å². The number of aryl methyl sites for hydroxylation is 1. The average molecular weight is 321 g/mol. The maximum absolute atomic E-state index is 12.6. The summed E-state index contributed by atoms with van der Waals surface area (Å²) in [5.74, 6) is -0.473. The van der Waals surface area contributed by atoms with E-state index in [1.165, 1.54) is 11.8 Å². The highest BCUT2D eigenvalue weighted by Crippen LogP contribution is 2.19. The molecule has 23 heavy (non-hydrogen) atoms. The number of amides is 2. The summed E-state index contributed by atoms with van der Waals surface area (Å²) >= 11 is 0. The van der Waals surface area contributed by atoms with Gasteiger partial charge in [-0.25, -0.2) is 0 Å². The van der Waals surface area contributed by atoms with Crippen LogP contribution in [0.15, 0.2) is 0 Å². The molecular formula is C16H23N3O4. The first-order chi connectivity index (χ1) is 10.8. The molecule has 126 valence electrons. The van der Waals surface area contributed by atoms with E-state index in [-0.39, 0.29) is 24.1 Å². The van der Waals surface area contributed by atoms with Crippen LogP contribution in [0.5, 0.6) is 0 Å². The molecule has 1 aliphatic rings. The molecule has 7 heteroatoms. The Balaban J connectivity index is 2.09. The number of ketones is 1. The first kappa shape index (κ1) is 17.2. The van der Waals surface area contributed by atoms with Crippen LogP contribution in [0.4, 0.5) is 0 Å². The number of rotatable bonds is 4. The summed E-state index contributed by atoms with van der Waals surface area (Å²) in [5, 5.41) is 0. The van der Waals surface area contributed by atoms with Gasteiger partial charge in [0.05, 0.1) is 19.8 Å². The fraction of sp³-hybridized carbons (Fsp3) is 0.562. The number of nitrogens with zero attached hydrogens (tertiary/aromatic N) is 2. The van der Waals surface area contributed by atoms with Gasteiger partial charge in [-0.1, -0.05) is 0 Å². The Kier molecular flexibility index (Phi) is 5.20. The average Bonchev–Trinajstić information content (AvgIpc) is 2.82. The topological polar surface area (TPSA) is 82.7 Å². The van der Waals surface area contributed by atoms with Crippen molar-refractivity contribution in [3.8, 4) is 0 Å². The molecule has 2 rings (SSSR count). The van der Waals surface area contributed by atoms with Crippen molar-refractivity contribution in [2.45, 2.75) is 20.8 Å². The quantitative estimate of drug-likeness (QED) is 0.830. The number of hydrogen-bond acceptors (Lipinski definition) is 4. The number of aromatic amines is 1. The van der Waals surface area contributed by atoms with Crippen LogP contribution in [0, 0.1) is 13.8 Å². The van der Waals surface area contributed by atoms with Gasteiger partial charge < -0.3 is 19.5 Å². The Morgan fingerprint density at radius 2 is 1.83 bits per heavy atom. The second kappa shape index (κ2) is 6.95. The van der Waals surface area contributed by atoms with E-state index >= 15 is 0 Å². The van der Waals surface area contributed by atoms with Crippen LogP contribution in [0.2, 0.25) is 0 Å². The zero-order chi connectivity index (χ0) is 17.1. The smallest absolute Gasteiger partial charge is 0.270 e. The number of carbonyl (C=O) groups excluding carboxylic acids is 3. The van der Waals surface area contributed by atoms with Crippen molar-refractivity contribution >= 4 is 17.6 Å². The highest BCUT2D eigenvalue weighted by molar-refractivity contribution is 6.03.